The van der Waals surface area contributed by atoms with Crippen LogP contribution in [-0.4, -0.2) is 74.7 Å². The summed E-state index contributed by atoms with van der Waals surface area (Å²) in [7, 11) is -16.2. The second-order valence-electron chi connectivity index (χ2n) is 5.40. The molecule has 2 heterocycles. The molecule has 1 fully saturated rings. The fourth-order valence-corrected chi connectivity index (χ4v) is 4.61. The first-order valence-electron chi connectivity index (χ1n) is 7.26. The smallest absolute Gasteiger partial charge is 0.394 e. The second kappa shape index (κ2) is 10.0. The lowest BCUT2D eigenvalue weighted by Crippen LogP contribution is -2.34. The topological polar surface area (TPSA) is 306 Å². The number of aromatic amines is 2. The number of phosphoric acid groups is 3. The van der Waals surface area contributed by atoms with Crippen LogP contribution in [0.1, 0.15) is 11.7 Å². The highest BCUT2D eigenvalue weighted by molar-refractivity contribution is 7.66. The van der Waals surface area contributed by atoms with E-state index in [1.165, 1.54) is 0 Å². The molecule has 0 unspecified atom stereocenters. The van der Waals surface area contributed by atoms with E-state index in [0.29, 0.717) is 0 Å². The maximum absolute atomic E-state index is 11.5. The molecule has 21 heteroatoms. The number of H-pyrrole nitrogens is 2. The number of ether oxygens (including phenoxy) is 1. The molecule has 0 amide bonds. The standard InChI is InChI=1S/C9H12N2O6.H5O10P3/c12-2-4-5(13)6(14)7(17-4)3-1-10-9(16)11-8(3)15;1-11(2,3)9-13(7,8)10-12(4,5)6/h1,4-7,12-14H,2H2,(H2,10,11,15,16);(H,7,8)(H2,1,2,3)(H2,4,5,6)/t4-,5-,6-,7+;/m1./s1. The third-order valence-electron chi connectivity index (χ3n) is 3.12. The van der Waals surface area contributed by atoms with Gasteiger partial charge >= 0.3 is 29.2 Å². The summed E-state index contributed by atoms with van der Waals surface area (Å²) in [5.41, 5.74) is -1.39. The first-order chi connectivity index (χ1) is 13.5. The molecule has 0 aromatic carbocycles. The molecule has 4 atom stereocenters. The minimum Gasteiger partial charge on any atom is -0.394 e. The Balaban J connectivity index is 0.000000314. The number of hydrogen-bond acceptors (Lipinski definition) is 11. The molecule has 1 aliphatic heterocycles. The van der Waals surface area contributed by atoms with Crippen LogP contribution in [0.5, 0.6) is 0 Å². The lowest BCUT2D eigenvalue weighted by molar-refractivity contribution is -0.0232. The fourth-order valence-electron chi connectivity index (χ4n) is 2.07. The summed E-state index contributed by atoms with van der Waals surface area (Å²) in [6, 6.07) is 0. The van der Waals surface area contributed by atoms with Gasteiger partial charge in [0.05, 0.1) is 12.2 Å². The van der Waals surface area contributed by atoms with Gasteiger partial charge in [0, 0.05) is 6.20 Å². The number of aromatic nitrogens is 2. The van der Waals surface area contributed by atoms with Crippen LogP contribution < -0.4 is 11.2 Å². The average molecular weight is 502 g/mol. The molecule has 0 radical (unpaired) electrons. The van der Waals surface area contributed by atoms with Gasteiger partial charge in [-0.3, -0.25) is 9.78 Å². The van der Waals surface area contributed by atoms with Crippen molar-refractivity contribution < 1.29 is 66.8 Å². The van der Waals surface area contributed by atoms with Crippen molar-refractivity contribution in [1.82, 2.24) is 9.97 Å². The van der Waals surface area contributed by atoms with E-state index in [2.05, 4.69) is 13.6 Å². The van der Waals surface area contributed by atoms with Crippen molar-refractivity contribution in [3.63, 3.8) is 0 Å². The summed E-state index contributed by atoms with van der Waals surface area (Å²) in [5, 5.41) is 28.1. The molecule has 10 N–H and O–H groups in total. The van der Waals surface area contributed by atoms with Crippen LogP contribution in [-0.2, 0) is 27.1 Å². The minimum atomic E-state index is -5.46. The largest absolute Gasteiger partial charge is 0.490 e. The molecule has 1 aromatic heterocycles. The highest BCUT2D eigenvalue weighted by atomic mass is 31.3. The third kappa shape index (κ3) is 8.58. The van der Waals surface area contributed by atoms with Crippen LogP contribution in [0.3, 0.4) is 0 Å². The van der Waals surface area contributed by atoms with Gasteiger partial charge in [0.2, 0.25) is 0 Å². The first kappa shape index (κ1) is 27.0. The van der Waals surface area contributed by atoms with Crippen molar-refractivity contribution in [2.45, 2.75) is 24.4 Å². The number of nitrogens with one attached hydrogen (secondary N) is 2. The lowest BCUT2D eigenvalue weighted by atomic mass is 10.0. The van der Waals surface area contributed by atoms with Crippen molar-refractivity contribution in [1.29, 1.82) is 0 Å². The van der Waals surface area contributed by atoms with Crippen LogP contribution in [0.4, 0.5) is 0 Å². The molecule has 0 saturated carbocycles. The van der Waals surface area contributed by atoms with Gasteiger partial charge in [0.25, 0.3) is 5.56 Å². The van der Waals surface area contributed by atoms with Crippen molar-refractivity contribution in [3.05, 3.63) is 32.6 Å². The summed E-state index contributed by atoms with van der Waals surface area (Å²) in [6.07, 6.45) is -3.54. The van der Waals surface area contributed by atoms with Crippen molar-refractivity contribution in [2.75, 3.05) is 6.61 Å². The van der Waals surface area contributed by atoms with Crippen LogP contribution in [0, 0.1) is 0 Å². The Morgan fingerprint density at radius 1 is 0.967 bits per heavy atom. The Bertz CT molecular complexity index is 949. The van der Waals surface area contributed by atoms with E-state index in [0.717, 1.165) is 6.20 Å². The van der Waals surface area contributed by atoms with Crippen LogP contribution >= 0.6 is 23.5 Å². The maximum atomic E-state index is 11.5. The van der Waals surface area contributed by atoms with Gasteiger partial charge in [0.1, 0.15) is 24.4 Å². The quantitative estimate of drug-likeness (QED) is 0.169. The SMILES string of the molecule is O=P(O)(O)OP(=O)(O)OP(=O)(O)O.O=c1[nH]cc([C@@H]2O[C@H](CO)[C@@H](O)[C@H]2O)c(=O)[nH]1. The zero-order valence-electron chi connectivity index (χ0n) is 14.3. The monoisotopic (exact) mass is 502 g/mol. The molecular weight excluding hydrogens is 485 g/mol. The van der Waals surface area contributed by atoms with Gasteiger partial charge in [-0.15, -0.1) is 0 Å². The maximum Gasteiger partial charge on any atom is 0.490 e. The zero-order valence-corrected chi connectivity index (χ0v) is 17.0. The molecular formula is C9H17N2O16P3. The molecule has 174 valence electrons. The van der Waals surface area contributed by atoms with Crippen LogP contribution in [0.2, 0.25) is 0 Å². The number of aliphatic hydroxyl groups is 3. The Kier molecular flexibility index (Phi) is 9.02. The fraction of sp³-hybridized carbons (Fsp3) is 0.556. The molecule has 0 spiro atoms. The van der Waals surface area contributed by atoms with E-state index in [4.69, 9.17) is 34.3 Å². The summed E-state index contributed by atoms with van der Waals surface area (Å²) in [6.45, 7) is -0.476. The summed E-state index contributed by atoms with van der Waals surface area (Å²) in [5.74, 6) is 0. The van der Waals surface area contributed by atoms with Crippen molar-refractivity contribution >= 4 is 23.5 Å². The predicted octanol–water partition coefficient (Wildman–Crippen LogP) is -3.48. The second-order valence-corrected chi connectivity index (χ2v) is 9.60. The number of hydrogen-bond donors (Lipinski definition) is 10. The molecule has 30 heavy (non-hydrogen) atoms. The van der Waals surface area contributed by atoms with Gasteiger partial charge < -0.3 is 49.5 Å². The highest BCUT2D eigenvalue weighted by Gasteiger charge is 2.44. The molecule has 1 aliphatic rings. The molecule has 1 saturated heterocycles. The lowest BCUT2D eigenvalue weighted by Gasteiger charge is -2.13. The van der Waals surface area contributed by atoms with Gasteiger partial charge in [-0.1, -0.05) is 0 Å². The van der Waals surface area contributed by atoms with Gasteiger partial charge in [-0.05, 0) is 0 Å². The molecule has 1 aromatic rings. The molecule has 0 bridgehead atoms. The molecule has 2 rings (SSSR count). The summed E-state index contributed by atoms with van der Waals surface area (Å²) < 4.78 is 41.5. The average Bonchev–Trinajstić information content (AvgIpc) is 2.79. The Labute approximate surface area is 164 Å². The third-order valence-corrected chi connectivity index (χ3v) is 6.47. The number of aliphatic hydroxyl groups excluding tert-OH is 3. The van der Waals surface area contributed by atoms with E-state index in [9.17, 15) is 33.5 Å². The number of rotatable bonds is 6. The Hall–Kier alpha value is -1.07. The highest BCUT2D eigenvalue weighted by Crippen LogP contribution is 2.64. The molecule has 0 aliphatic carbocycles. The van der Waals surface area contributed by atoms with Crippen molar-refractivity contribution in [3.8, 4) is 0 Å². The normalized spacial score (nSPS) is 24.9. The van der Waals surface area contributed by atoms with Crippen LogP contribution in [0.15, 0.2) is 15.8 Å². The van der Waals surface area contributed by atoms with E-state index < -0.39 is 65.7 Å². The van der Waals surface area contributed by atoms with E-state index in [1.54, 1.807) is 0 Å². The van der Waals surface area contributed by atoms with Gasteiger partial charge in [0.15, 0.2) is 0 Å². The molecule has 18 nitrogen and oxygen atoms in total. The summed E-state index contributed by atoms with van der Waals surface area (Å²) >= 11 is 0. The van der Waals surface area contributed by atoms with Crippen molar-refractivity contribution in [2.24, 2.45) is 0 Å². The minimum absolute atomic E-state index is 0.00731. The van der Waals surface area contributed by atoms with E-state index >= 15 is 0 Å². The van der Waals surface area contributed by atoms with Gasteiger partial charge in [-0.2, -0.15) is 8.62 Å². The predicted molar refractivity (Wildman–Crippen MR) is 90.5 cm³/mol. The van der Waals surface area contributed by atoms with E-state index in [1.807, 2.05) is 4.98 Å². The van der Waals surface area contributed by atoms with Crippen LogP contribution in [0.25, 0.3) is 0 Å². The Morgan fingerprint density at radius 2 is 1.47 bits per heavy atom. The van der Waals surface area contributed by atoms with Gasteiger partial charge in [-0.25, -0.2) is 18.5 Å². The first-order valence-corrected chi connectivity index (χ1v) is 11.8. The Morgan fingerprint density at radius 3 is 1.83 bits per heavy atom. The summed E-state index contributed by atoms with van der Waals surface area (Å²) in [4.78, 5) is 66.7. The van der Waals surface area contributed by atoms with E-state index in [-0.39, 0.29) is 5.56 Å². The zero-order chi connectivity index (χ0) is 23.5.